The molecule has 1 heterocycles. The Bertz CT molecular complexity index is 563. The number of nitrogens with zero attached hydrogens (tertiary/aromatic N) is 3. The van der Waals surface area contributed by atoms with E-state index in [-0.39, 0.29) is 5.88 Å². The summed E-state index contributed by atoms with van der Waals surface area (Å²) in [5.41, 5.74) is 0.780. The lowest BCUT2D eigenvalue weighted by Crippen LogP contribution is -2.31. The first-order valence-corrected chi connectivity index (χ1v) is 6.48. The zero-order chi connectivity index (χ0) is 13.8. The second-order valence-electron chi connectivity index (χ2n) is 4.18. The Hall–Kier alpha value is -1.49. The van der Waals surface area contributed by atoms with Gasteiger partial charge < -0.3 is 4.90 Å². The number of anilines is 1. The van der Waals surface area contributed by atoms with Crippen molar-refractivity contribution in [3.8, 4) is 0 Å². The number of rotatable bonds is 5. The molecule has 0 aliphatic heterocycles. The summed E-state index contributed by atoms with van der Waals surface area (Å²) in [5, 5.41) is 9.84. The van der Waals surface area contributed by atoms with Gasteiger partial charge in [0.05, 0.1) is 12.2 Å². The van der Waals surface area contributed by atoms with Gasteiger partial charge >= 0.3 is 0 Å². The maximum atomic E-state index is 12.6. The fourth-order valence-electron chi connectivity index (χ4n) is 2.01. The van der Waals surface area contributed by atoms with E-state index in [9.17, 15) is 8.78 Å². The monoisotopic (exact) mass is 285 g/mol. The third kappa shape index (κ3) is 3.10. The molecule has 0 aliphatic carbocycles. The molecule has 0 spiro atoms. The molecule has 0 saturated carbocycles. The van der Waals surface area contributed by atoms with Crippen molar-refractivity contribution in [2.45, 2.75) is 13.3 Å². The second kappa shape index (κ2) is 6.10. The molecule has 6 heteroatoms. The summed E-state index contributed by atoms with van der Waals surface area (Å²) in [6, 6.07) is 7.51. The van der Waals surface area contributed by atoms with E-state index in [1.54, 1.807) is 0 Å². The molecule has 0 fully saturated rings. The van der Waals surface area contributed by atoms with Gasteiger partial charge in [0, 0.05) is 23.2 Å². The third-order valence-electron chi connectivity index (χ3n) is 2.86. The van der Waals surface area contributed by atoms with Crippen LogP contribution in [0.15, 0.2) is 24.3 Å². The van der Waals surface area contributed by atoms with Crippen LogP contribution in [-0.4, -0.2) is 35.6 Å². The lowest BCUT2D eigenvalue weighted by atomic mass is 10.1. The van der Waals surface area contributed by atoms with Gasteiger partial charge in [-0.3, -0.25) is 0 Å². The Morgan fingerprint density at radius 2 is 1.89 bits per heavy atom. The fraction of sp³-hybridized carbons (Fsp3) is 0.385. The highest BCUT2D eigenvalue weighted by Crippen LogP contribution is 2.25. The maximum absolute atomic E-state index is 12.6. The number of aromatic nitrogens is 2. The second-order valence-corrected chi connectivity index (χ2v) is 4.56. The first-order chi connectivity index (χ1) is 9.13. The number of fused-ring (bicyclic) bond motifs is 1. The first-order valence-electron chi connectivity index (χ1n) is 5.94. The van der Waals surface area contributed by atoms with Crippen molar-refractivity contribution in [2.75, 3.05) is 23.9 Å². The van der Waals surface area contributed by atoms with Crippen LogP contribution in [0.2, 0.25) is 0 Å². The standard InChI is InChI=1S/C13H14ClF2N3/c1-9-10-4-2-3-5-11(10)13(18-17-9)19(7-6-14)8-12(15)16/h2-5,12H,6-8H2,1H3. The Morgan fingerprint density at radius 1 is 1.21 bits per heavy atom. The molecule has 2 aromatic rings. The van der Waals surface area contributed by atoms with E-state index in [0.717, 1.165) is 16.5 Å². The minimum atomic E-state index is -2.44. The molecule has 102 valence electrons. The molecule has 19 heavy (non-hydrogen) atoms. The van der Waals surface area contributed by atoms with Crippen molar-refractivity contribution < 1.29 is 8.78 Å². The third-order valence-corrected chi connectivity index (χ3v) is 3.03. The van der Waals surface area contributed by atoms with E-state index < -0.39 is 13.0 Å². The average molecular weight is 286 g/mol. The average Bonchev–Trinajstić information content (AvgIpc) is 2.39. The van der Waals surface area contributed by atoms with Crippen LogP contribution in [0.5, 0.6) is 0 Å². The zero-order valence-corrected chi connectivity index (χ0v) is 11.2. The van der Waals surface area contributed by atoms with Crippen LogP contribution in [0.3, 0.4) is 0 Å². The highest BCUT2D eigenvalue weighted by molar-refractivity contribution is 6.18. The Morgan fingerprint density at radius 3 is 2.53 bits per heavy atom. The van der Waals surface area contributed by atoms with Gasteiger partial charge in [0.25, 0.3) is 6.43 Å². The van der Waals surface area contributed by atoms with Gasteiger partial charge in [0.15, 0.2) is 5.82 Å². The van der Waals surface area contributed by atoms with E-state index in [1.807, 2.05) is 31.2 Å². The molecule has 2 rings (SSSR count). The van der Waals surface area contributed by atoms with Crippen molar-refractivity contribution >= 4 is 28.2 Å². The highest BCUT2D eigenvalue weighted by atomic mass is 35.5. The Kier molecular flexibility index (Phi) is 4.47. The zero-order valence-electron chi connectivity index (χ0n) is 10.5. The molecule has 0 aliphatic rings. The molecule has 0 saturated heterocycles. The Labute approximate surface area is 115 Å². The molecule has 0 unspecified atom stereocenters. The highest BCUT2D eigenvalue weighted by Gasteiger charge is 2.17. The van der Waals surface area contributed by atoms with Crippen LogP contribution < -0.4 is 4.90 Å². The summed E-state index contributed by atoms with van der Waals surface area (Å²) in [6.07, 6.45) is -2.44. The van der Waals surface area contributed by atoms with Crippen LogP contribution in [0, 0.1) is 6.92 Å². The number of hydrogen-bond donors (Lipinski definition) is 0. The minimum Gasteiger partial charge on any atom is -0.348 e. The minimum absolute atomic E-state index is 0.261. The fourth-order valence-corrected chi connectivity index (χ4v) is 2.21. The smallest absolute Gasteiger partial charge is 0.255 e. The maximum Gasteiger partial charge on any atom is 0.255 e. The van der Waals surface area contributed by atoms with Gasteiger partial charge in [-0.25, -0.2) is 8.78 Å². The molecule has 0 atom stereocenters. The van der Waals surface area contributed by atoms with E-state index in [1.165, 1.54) is 4.90 Å². The lowest BCUT2D eigenvalue weighted by Gasteiger charge is -2.23. The molecule has 3 nitrogen and oxygen atoms in total. The molecular formula is C13H14ClF2N3. The molecule has 0 bridgehead atoms. The number of benzene rings is 1. The van der Waals surface area contributed by atoms with Crippen molar-refractivity contribution in [1.29, 1.82) is 0 Å². The van der Waals surface area contributed by atoms with E-state index in [2.05, 4.69) is 10.2 Å². The summed E-state index contributed by atoms with van der Waals surface area (Å²) >= 11 is 5.68. The van der Waals surface area contributed by atoms with Crippen molar-refractivity contribution in [3.63, 3.8) is 0 Å². The van der Waals surface area contributed by atoms with Crippen molar-refractivity contribution in [1.82, 2.24) is 10.2 Å². The largest absolute Gasteiger partial charge is 0.348 e. The van der Waals surface area contributed by atoms with E-state index >= 15 is 0 Å². The molecule has 1 aromatic heterocycles. The topological polar surface area (TPSA) is 29.0 Å². The van der Waals surface area contributed by atoms with Gasteiger partial charge in [-0.15, -0.1) is 16.7 Å². The molecule has 1 aromatic carbocycles. The number of hydrogen-bond acceptors (Lipinski definition) is 3. The Balaban J connectivity index is 2.50. The van der Waals surface area contributed by atoms with Gasteiger partial charge in [0.2, 0.25) is 0 Å². The predicted octanol–water partition coefficient (Wildman–Crippen LogP) is 3.25. The predicted molar refractivity (Wildman–Crippen MR) is 73.2 cm³/mol. The van der Waals surface area contributed by atoms with Crippen molar-refractivity contribution in [3.05, 3.63) is 30.0 Å². The number of aryl methyl sites for hydroxylation is 1. The van der Waals surface area contributed by atoms with Crippen LogP contribution in [0.4, 0.5) is 14.6 Å². The number of halogens is 3. The van der Waals surface area contributed by atoms with E-state index in [4.69, 9.17) is 11.6 Å². The van der Waals surface area contributed by atoms with Gasteiger partial charge in [-0.1, -0.05) is 24.3 Å². The lowest BCUT2D eigenvalue weighted by molar-refractivity contribution is 0.155. The summed E-state index contributed by atoms with van der Waals surface area (Å²) in [5.74, 6) is 0.721. The first kappa shape index (κ1) is 13.9. The SMILES string of the molecule is Cc1nnc(N(CCCl)CC(F)F)c2ccccc12. The van der Waals surface area contributed by atoms with Crippen molar-refractivity contribution in [2.24, 2.45) is 0 Å². The summed E-state index contributed by atoms with van der Waals surface area (Å²) in [4.78, 5) is 1.48. The van der Waals surface area contributed by atoms with Gasteiger partial charge in [-0.05, 0) is 6.92 Å². The molecule has 0 N–H and O–H groups in total. The summed E-state index contributed by atoms with van der Waals surface area (Å²) in [7, 11) is 0. The summed E-state index contributed by atoms with van der Waals surface area (Å²) < 4.78 is 25.3. The van der Waals surface area contributed by atoms with Crippen LogP contribution in [0.25, 0.3) is 10.8 Å². The quantitative estimate of drug-likeness (QED) is 0.790. The normalized spacial score (nSPS) is 11.2. The van der Waals surface area contributed by atoms with Crippen LogP contribution in [-0.2, 0) is 0 Å². The van der Waals surface area contributed by atoms with E-state index in [0.29, 0.717) is 12.4 Å². The number of alkyl halides is 3. The van der Waals surface area contributed by atoms with Gasteiger partial charge in [0.1, 0.15) is 0 Å². The van der Waals surface area contributed by atoms with Crippen LogP contribution >= 0.6 is 11.6 Å². The van der Waals surface area contributed by atoms with Crippen LogP contribution in [0.1, 0.15) is 5.69 Å². The van der Waals surface area contributed by atoms with Gasteiger partial charge in [-0.2, -0.15) is 5.10 Å². The molecular weight excluding hydrogens is 272 g/mol. The summed E-state index contributed by atoms with van der Waals surface area (Å²) in [6.45, 7) is 1.76. The molecule has 0 amide bonds. The molecule has 0 radical (unpaired) electrons.